The predicted molar refractivity (Wildman–Crippen MR) is 70.3 cm³/mol. The molecular formula is C14H12N2. The first-order valence-corrected chi connectivity index (χ1v) is 5.23. The van der Waals surface area contributed by atoms with Crippen molar-refractivity contribution >= 4 is 32.9 Å². The number of fused-ring (bicyclic) bond motifs is 2. The highest BCUT2D eigenvalue weighted by Gasteiger charge is 2.05. The lowest BCUT2D eigenvalue weighted by atomic mass is 10.0. The molecule has 0 bridgehead atoms. The van der Waals surface area contributed by atoms with Crippen molar-refractivity contribution in [2.45, 2.75) is 0 Å². The van der Waals surface area contributed by atoms with Gasteiger partial charge in [0, 0.05) is 27.5 Å². The van der Waals surface area contributed by atoms with Crippen molar-refractivity contribution in [3.63, 3.8) is 0 Å². The van der Waals surface area contributed by atoms with Crippen LogP contribution < -0.4 is 11.5 Å². The molecule has 0 unspecified atom stereocenters. The van der Waals surface area contributed by atoms with Gasteiger partial charge in [0.15, 0.2) is 0 Å². The number of anilines is 2. The number of hydrogen-bond donors (Lipinski definition) is 2. The van der Waals surface area contributed by atoms with E-state index in [1.807, 2.05) is 36.4 Å². The van der Waals surface area contributed by atoms with Crippen LogP contribution in [0.4, 0.5) is 11.4 Å². The second kappa shape index (κ2) is 3.14. The van der Waals surface area contributed by atoms with Crippen molar-refractivity contribution in [3.05, 3.63) is 48.5 Å². The van der Waals surface area contributed by atoms with Gasteiger partial charge in [-0.2, -0.15) is 0 Å². The summed E-state index contributed by atoms with van der Waals surface area (Å²) in [5.41, 5.74) is 13.7. The SMILES string of the molecule is Nc1cccc2c(N)c3ccccc3cc12. The van der Waals surface area contributed by atoms with Crippen LogP contribution in [-0.2, 0) is 0 Å². The summed E-state index contributed by atoms with van der Waals surface area (Å²) >= 11 is 0. The number of hydrogen-bond acceptors (Lipinski definition) is 2. The fraction of sp³-hybridized carbons (Fsp3) is 0. The maximum Gasteiger partial charge on any atom is 0.0474 e. The predicted octanol–water partition coefficient (Wildman–Crippen LogP) is 3.16. The van der Waals surface area contributed by atoms with Gasteiger partial charge in [-0.15, -0.1) is 0 Å². The maximum atomic E-state index is 6.17. The molecule has 0 heterocycles. The number of rotatable bonds is 0. The minimum Gasteiger partial charge on any atom is -0.398 e. The van der Waals surface area contributed by atoms with E-state index in [1.54, 1.807) is 0 Å². The molecule has 0 amide bonds. The molecule has 0 fully saturated rings. The third kappa shape index (κ3) is 1.13. The van der Waals surface area contributed by atoms with Gasteiger partial charge < -0.3 is 11.5 Å². The van der Waals surface area contributed by atoms with Crippen LogP contribution in [0.5, 0.6) is 0 Å². The second-order valence-corrected chi connectivity index (χ2v) is 3.95. The Balaban J connectivity index is 2.61. The number of nitrogens with two attached hydrogens (primary N) is 2. The highest BCUT2D eigenvalue weighted by Crippen LogP contribution is 2.32. The summed E-state index contributed by atoms with van der Waals surface area (Å²) in [6.45, 7) is 0. The Labute approximate surface area is 93.5 Å². The van der Waals surface area contributed by atoms with Crippen LogP contribution in [0.1, 0.15) is 0 Å². The summed E-state index contributed by atoms with van der Waals surface area (Å²) in [5, 5.41) is 4.27. The van der Waals surface area contributed by atoms with Crippen LogP contribution >= 0.6 is 0 Å². The Kier molecular flexibility index (Phi) is 1.77. The van der Waals surface area contributed by atoms with E-state index < -0.39 is 0 Å². The van der Waals surface area contributed by atoms with Crippen molar-refractivity contribution in [3.8, 4) is 0 Å². The van der Waals surface area contributed by atoms with E-state index in [4.69, 9.17) is 11.5 Å². The Morgan fingerprint density at radius 2 is 1.44 bits per heavy atom. The van der Waals surface area contributed by atoms with Gasteiger partial charge >= 0.3 is 0 Å². The molecule has 3 aromatic carbocycles. The standard InChI is InChI=1S/C14H12N2/c15-13-7-3-6-11-12(13)8-9-4-1-2-5-10(9)14(11)16/h1-8H,15-16H2. The van der Waals surface area contributed by atoms with Gasteiger partial charge in [0.05, 0.1) is 0 Å². The van der Waals surface area contributed by atoms with Crippen LogP contribution in [0.3, 0.4) is 0 Å². The summed E-state index contributed by atoms with van der Waals surface area (Å²) in [5.74, 6) is 0. The van der Waals surface area contributed by atoms with Crippen LogP contribution in [0.15, 0.2) is 48.5 Å². The summed E-state index contributed by atoms with van der Waals surface area (Å²) in [6, 6.07) is 16.0. The van der Waals surface area contributed by atoms with Crippen molar-refractivity contribution in [1.29, 1.82) is 0 Å². The van der Waals surface area contributed by atoms with Crippen LogP contribution in [0, 0.1) is 0 Å². The Hall–Kier alpha value is -2.22. The van der Waals surface area contributed by atoms with E-state index in [1.165, 1.54) is 0 Å². The topological polar surface area (TPSA) is 52.0 Å². The molecule has 0 saturated carbocycles. The lowest BCUT2D eigenvalue weighted by Crippen LogP contribution is -1.92. The largest absolute Gasteiger partial charge is 0.398 e. The lowest BCUT2D eigenvalue weighted by molar-refractivity contribution is 1.73. The summed E-state index contributed by atoms with van der Waals surface area (Å²) < 4.78 is 0. The van der Waals surface area contributed by atoms with E-state index in [9.17, 15) is 0 Å². The average molecular weight is 208 g/mol. The molecule has 0 radical (unpaired) electrons. The highest BCUT2D eigenvalue weighted by atomic mass is 14.6. The fourth-order valence-electron chi connectivity index (χ4n) is 2.15. The average Bonchev–Trinajstić information content (AvgIpc) is 2.31. The normalized spacial score (nSPS) is 11.0. The molecule has 2 nitrogen and oxygen atoms in total. The fourth-order valence-corrected chi connectivity index (χ4v) is 2.15. The molecule has 0 atom stereocenters. The summed E-state index contributed by atoms with van der Waals surface area (Å²) in [6.07, 6.45) is 0. The number of benzene rings is 3. The van der Waals surface area contributed by atoms with Crippen molar-refractivity contribution < 1.29 is 0 Å². The van der Waals surface area contributed by atoms with Gasteiger partial charge in [0.1, 0.15) is 0 Å². The number of nitrogen functional groups attached to an aromatic ring is 2. The van der Waals surface area contributed by atoms with Gasteiger partial charge in [0.25, 0.3) is 0 Å². The van der Waals surface area contributed by atoms with Gasteiger partial charge in [-0.05, 0) is 17.5 Å². The summed E-state index contributed by atoms with van der Waals surface area (Å²) in [4.78, 5) is 0. The van der Waals surface area contributed by atoms with E-state index in [0.717, 1.165) is 32.9 Å². The zero-order valence-electron chi connectivity index (χ0n) is 8.77. The first-order valence-electron chi connectivity index (χ1n) is 5.23. The van der Waals surface area contributed by atoms with Gasteiger partial charge in [0.2, 0.25) is 0 Å². The van der Waals surface area contributed by atoms with E-state index in [2.05, 4.69) is 12.1 Å². The Bertz CT molecular complexity index is 687. The molecular weight excluding hydrogens is 196 g/mol. The first-order chi connectivity index (χ1) is 7.77. The van der Waals surface area contributed by atoms with Gasteiger partial charge in [-0.1, -0.05) is 36.4 Å². The summed E-state index contributed by atoms with van der Waals surface area (Å²) in [7, 11) is 0. The van der Waals surface area contributed by atoms with Gasteiger partial charge in [-0.3, -0.25) is 0 Å². The second-order valence-electron chi connectivity index (χ2n) is 3.95. The van der Waals surface area contributed by atoms with Crippen molar-refractivity contribution in [1.82, 2.24) is 0 Å². The van der Waals surface area contributed by atoms with Crippen LogP contribution in [0.2, 0.25) is 0 Å². The molecule has 3 aromatic rings. The molecule has 3 rings (SSSR count). The molecule has 4 N–H and O–H groups in total. The minimum atomic E-state index is 0.773. The van der Waals surface area contributed by atoms with Gasteiger partial charge in [-0.25, -0.2) is 0 Å². The maximum absolute atomic E-state index is 6.17. The highest BCUT2D eigenvalue weighted by molar-refractivity contribution is 6.13. The molecule has 2 heteroatoms. The molecule has 0 aromatic heterocycles. The molecule has 0 spiro atoms. The Morgan fingerprint density at radius 3 is 2.31 bits per heavy atom. The quantitative estimate of drug-likeness (QED) is 0.440. The molecule has 16 heavy (non-hydrogen) atoms. The Morgan fingerprint density at radius 1 is 0.688 bits per heavy atom. The molecule has 78 valence electrons. The molecule has 0 aliphatic rings. The lowest BCUT2D eigenvalue weighted by Gasteiger charge is -2.08. The van der Waals surface area contributed by atoms with Crippen molar-refractivity contribution in [2.75, 3.05) is 11.5 Å². The van der Waals surface area contributed by atoms with Crippen molar-refractivity contribution in [2.24, 2.45) is 0 Å². The third-order valence-electron chi connectivity index (χ3n) is 2.98. The first kappa shape index (κ1) is 9.04. The third-order valence-corrected chi connectivity index (χ3v) is 2.98. The zero-order valence-corrected chi connectivity index (χ0v) is 8.77. The molecule has 0 aliphatic heterocycles. The van der Waals surface area contributed by atoms with Crippen LogP contribution in [-0.4, -0.2) is 0 Å². The zero-order chi connectivity index (χ0) is 11.1. The van der Waals surface area contributed by atoms with Crippen LogP contribution in [0.25, 0.3) is 21.5 Å². The smallest absolute Gasteiger partial charge is 0.0474 e. The van der Waals surface area contributed by atoms with E-state index in [0.29, 0.717) is 0 Å². The minimum absolute atomic E-state index is 0.773. The molecule has 0 aliphatic carbocycles. The monoisotopic (exact) mass is 208 g/mol. The van der Waals surface area contributed by atoms with E-state index in [-0.39, 0.29) is 0 Å². The van der Waals surface area contributed by atoms with E-state index >= 15 is 0 Å². The molecule has 0 saturated heterocycles.